The van der Waals surface area contributed by atoms with E-state index >= 15 is 0 Å². The molecule has 0 N–H and O–H groups in total. The van der Waals surface area contributed by atoms with Crippen molar-refractivity contribution >= 4 is 22.5 Å². The van der Waals surface area contributed by atoms with Crippen LogP contribution in [0.5, 0.6) is 0 Å². The van der Waals surface area contributed by atoms with Crippen LogP contribution in [0.4, 0.5) is 39.5 Å². The normalized spacial score (nSPS) is 12.0. The highest BCUT2D eigenvalue weighted by Gasteiger charge is 2.35. The fourth-order valence-corrected chi connectivity index (χ4v) is 4.52. The van der Waals surface area contributed by atoms with E-state index in [1.807, 2.05) is 0 Å². The summed E-state index contributed by atoms with van der Waals surface area (Å²) in [6.45, 7) is -0.686. The summed E-state index contributed by atoms with van der Waals surface area (Å²) < 4.78 is 124. The number of hydrogen-bond donors (Lipinski definition) is 0. The van der Waals surface area contributed by atoms with E-state index in [-0.39, 0.29) is 32.8 Å². The highest BCUT2D eigenvalue weighted by molar-refractivity contribution is 6.31. The molecule has 0 fully saturated rings. The molecule has 0 saturated carbocycles. The molecule has 5 aromatic rings. The molecule has 12 heteroatoms. The molecule has 0 amide bonds. The molecule has 0 aliphatic carbocycles. The lowest BCUT2D eigenvalue weighted by molar-refractivity contribution is -0.138. The number of aromatic nitrogens is 2. The van der Waals surface area contributed by atoms with E-state index < -0.39 is 58.6 Å². The standard InChI is InChI=1S/C30H14ClF9N2/c31-24-10-9-19(29(35,36)37)12-17(24)8-7-16-3-1-4-18(11-16)28-21-5-2-6-23(30(38,39)40)27(21)41-42(28)15-22-25(33)13-20(32)14-26(22)34/h1-6,9-14H,15H2. The maximum Gasteiger partial charge on any atom is 0.418 e. The molecule has 2 nitrogen and oxygen atoms in total. The van der Waals surface area contributed by atoms with Crippen molar-refractivity contribution < 1.29 is 39.5 Å². The Morgan fingerprint density at radius 1 is 0.762 bits per heavy atom. The summed E-state index contributed by atoms with van der Waals surface area (Å²) in [6, 6.07) is 12.8. The first-order valence-electron chi connectivity index (χ1n) is 11.9. The van der Waals surface area contributed by atoms with Gasteiger partial charge in [0.15, 0.2) is 0 Å². The summed E-state index contributed by atoms with van der Waals surface area (Å²) in [5.74, 6) is 1.56. The van der Waals surface area contributed by atoms with E-state index in [2.05, 4.69) is 16.9 Å². The van der Waals surface area contributed by atoms with Crippen molar-refractivity contribution in [3.05, 3.63) is 123 Å². The van der Waals surface area contributed by atoms with Gasteiger partial charge in [0.1, 0.15) is 23.0 Å². The molecule has 0 aliphatic heterocycles. The molecule has 0 bridgehead atoms. The fourth-order valence-electron chi connectivity index (χ4n) is 4.35. The summed E-state index contributed by atoms with van der Waals surface area (Å²) in [5.41, 5.74) is -2.75. The van der Waals surface area contributed by atoms with Gasteiger partial charge in [-0.1, -0.05) is 47.7 Å². The van der Waals surface area contributed by atoms with Gasteiger partial charge in [-0.25, -0.2) is 13.2 Å². The van der Waals surface area contributed by atoms with Crippen LogP contribution in [-0.4, -0.2) is 9.78 Å². The number of halogens is 10. The first kappa shape index (κ1) is 29.1. The van der Waals surface area contributed by atoms with Gasteiger partial charge in [-0.3, -0.25) is 4.68 Å². The SMILES string of the molecule is Fc1cc(F)c(Cn2nc3c(C(F)(F)F)cccc3c2-c2cccc(C#Cc3cc(C(F)(F)F)ccc3Cl)c2)c(F)c1. The Kier molecular flexibility index (Phi) is 7.45. The van der Waals surface area contributed by atoms with Gasteiger partial charge in [-0.05, 0) is 36.4 Å². The van der Waals surface area contributed by atoms with E-state index in [0.717, 1.165) is 35.0 Å². The average Bonchev–Trinajstić information content (AvgIpc) is 3.27. The van der Waals surface area contributed by atoms with Gasteiger partial charge in [0.05, 0.1) is 28.4 Å². The minimum atomic E-state index is -4.81. The minimum Gasteiger partial charge on any atom is -0.259 e. The van der Waals surface area contributed by atoms with Crippen LogP contribution in [0.25, 0.3) is 22.2 Å². The number of alkyl halides is 6. The van der Waals surface area contributed by atoms with E-state index in [0.29, 0.717) is 12.1 Å². The van der Waals surface area contributed by atoms with Crippen LogP contribution in [0.15, 0.2) is 72.8 Å². The number of benzene rings is 4. The molecule has 0 unspecified atom stereocenters. The van der Waals surface area contributed by atoms with E-state index in [1.54, 1.807) is 0 Å². The Hall–Kier alpha value is -4.43. The predicted octanol–water partition coefficient (Wildman–Crippen LogP) is 9.26. The molecular weight excluding hydrogens is 595 g/mol. The number of nitrogens with zero attached hydrogens (tertiary/aromatic N) is 2. The molecule has 0 saturated heterocycles. The Labute approximate surface area is 237 Å². The first-order chi connectivity index (χ1) is 19.7. The number of fused-ring (bicyclic) bond motifs is 1. The van der Waals surface area contributed by atoms with Crippen molar-refractivity contribution in [2.75, 3.05) is 0 Å². The van der Waals surface area contributed by atoms with Crippen molar-refractivity contribution in [3.63, 3.8) is 0 Å². The quantitative estimate of drug-likeness (QED) is 0.147. The van der Waals surface area contributed by atoms with E-state index in [4.69, 9.17) is 11.6 Å². The third kappa shape index (κ3) is 5.81. The molecular formula is C30H14ClF9N2. The van der Waals surface area contributed by atoms with Crippen LogP contribution < -0.4 is 0 Å². The van der Waals surface area contributed by atoms with Gasteiger partial charge in [0, 0.05) is 39.8 Å². The predicted molar refractivity (Wildman–Crippen MR) is 138 cm³/mol. The highest BCUT2D eigenvalue weighted by atomic mass is 35.5. The monoisotopic (exact) mass is 608 g/mol. The molecule has 1 heterocycles. The smallest absolute Gasteiger partial charge is 0.259 e. The van der Waals surface area contributed by atoms with Gasteiger partial charge < -0.3 is 0 Å². The van der Waals surface area contributed by atoms with Crippen molar-refractivity contribution in [3.8, 4) is 23.1 Å². The van der Waals surface area contributed by atoms with E-state index in [1.165, 1.54) is 30.3 Å². The molecule has 1 aromatic heterocycles. The van der Waals surface area contributed by atoms with Crippen LogP contribution in [0.1, 0.15) is 27.8 Å². The van der Waals surface area contributed by atoms with Crippen molar-refractivity contribution in [1.82, 2.24) is 9.78 Å². The van der Waals surface area contributed by atoms with Crippen molar-refractivity contribution in [1.29, 1.82) is 0 Å². The summed E-state index contributed by atoms with van der Waals surface area (Å²) >= 11 is 6.02. The van der Waals surface area contributed by atoms with Gasteiger partial charge in [0.2, 0.25) is 0 Å². The van der Waals surface area contributed by atoms with Gasteiger partial charge in [0.25, 0.3) is 0 Å². The molecule has 0 aliphatic rings. The Morgan fingerprint density at radius 2 is 1.45 bits per heavy atom. The van der Waals surface area contributed by atoms with E-state index in [9.17, 15) is 39.5 Å². The highest BCUT2D eigenvalue weighted by Crippen LogP contribution is 2.38. The third-order valence-corrected chi connectivity index (χ3v) is 6.59. The Balaban J connectivity index is 1.66. The number of hydrogen-bond acceptors (Lipinski definition) is 1. The molecule has 214 valence electrons. The molecule has 42 heavy (non-hydrogen) atoms. The number of rotatable bonds is 3. The molecule has 5 rings (SSSR count). The lowest BCUT2D eigenvalue weighted by Gasteiger charge is -2.11. The molecule has 0 atom stereocenters. The summed E-state index contributed by atoms with van der Waals surface area (Å²) in [5, 5.41) is 4.00. The van der Waals surface area contributed by atoms with Gasteiger partial charge in [-0.15, -0.1) is 0 Å². The van der Waals surface area contributed by atoms with Gasteiger partial charge >= 0.3 is 12.4 Å². The largest absolute Gasteiger partial charge is 0.418 e. The van der Waals surface area contributed by atoms with Crippen LogP contribution in [0.2, 0.25) is 5.02 Å². The summed E-state index contributed by atoms with van der Waals surface area (Å²) in [7, 11) is 0. The zero-order valence-electron chi connectivity index (χ0n) is 20.8. The lowest BCUT2D eigenvalue weighted by Crippen LogP contribution is -2.09. The maximum atomic E-state index is 14.5. The molecule has 0 spiro atoms. The zero-order chi connectivity index (χ0) is 30.4. The van der Waals surface area contributed by atoms with Crippen LogP contribution >= 0.6 is 11.6 Å². The summed E-state index contributed by atoms with van der Waals surface area (Å²) in [4.78, 5) is 0. The minimum absolute atomic E-state index is 0.00112. The van der Waals surface area contributed by atoms with Crippen LogP contribution in [0, 0.1) is 29.3 Å². The second-order valence-electron chi connectivity index (χ2n) is 9.08. The first-order valence-corrected chi connectivity index (χ1v) is 12.3. The topological polar surface area (TPSA) is 17.8 Å². The average molecular weight is 609 g/mol. The Morgan fingerprint density at radius 3 is 2.12 bits per heavy atom. The Bertz CT molecular complexity index is 1870. The third-order valence-electron chi connectivity index (χ3n) is 6.26. The van der Waals surface area contributed by atoms with Gasteiger partial charge in [-0.2, -0.15) is 31.4 Å². The zero-order valence-corrected chi connectivity index (χ0v) is 21.6. The summed E-state index contributed by atoms with van der Waals surface area (Å²) in [6.07, 6.45) is -9.43. The van der Waals surface area contributed by atoms with Crippen molar-refractivity contribution in [2.24, 2.45) is 0 Å². The lowest BCUT2D eigenvalue weighted by atomic mass is 10.0. The van der Waals surface area contributed by atoms with Crippen molar-refractivity contribution in [2.45, 2.75) is 18.9 Å². The van der Waals surface area contributed by atoms with Crippen LogP contribution in [0.3, 0.4) is 0 Å². The van der Waals surface area contributed by atoms with Crippen LogP contribution in [-0.2, 0) is 18.9 Å². The maximum absolute atomic E-state index is 14.5. The second-order valence-corrected chi connectivity index (χ2v) is 9.48. The second kappa shape index (κ2) is 10.8. The molecule has 4 aromatic carbocycles. The molecule has 0 radical (unpaired) electrons. The fraction of sp³-hybridized carbons (Fsp3) is 0.100.